The second-order valence-corrected chi connectivity index (χ2v) is 2.88. The van der Waals surface area contributed by atoms with Crippen LogP contribution in [0.4, 0.5) is 0 Å². The number of nitrogens with zero attached hydrogens (tertiary/aromatic N) is 1. The standard InChI is InChI=1S/C5H11NO.C4H9NO/c1-3-6(4-2)5-7;1-3(2)4(5)6/h5H,3-4H2,1-2H3;3H,1-2H3,(H2,5,6). The lowest BCUT2D eigenvalue weighted by atomic mass is 10.2. The quantitative estimate of drug-likeness (QED) is 0.657. The summed E-state index contributed by atoms with van der Waals surface area (Å²) in [5, 5.41) is 0. The average Bonchev–Trinajstić information content (AvgIpc) is 2.08. The lowest BCUT2D eigenvalue weighted by Crippen LogP contribution is -2.19. The van der Waals surface area contributed by atoms with E-state index in [1.807, 2.05) is 13.8 Å². The van der Waals surface area contributed by atoms with Gasteiger partial charge in [0.25, 0.3) is 0 Å². The molecule has 78 valence electrons. The zero-order chi connectivity index (χ0) is 10.9. The first kappa shape index (κ1) is 14.5. The van der Waals surface area contributed by atoms with Crippen molar-refractivity contribution in [3.05, 3.63) is 0 Å². The molecule has 13 heavy (non-hydrogen) atoms. The summed E-state index contributed by atoms with van der Waals surface area (Å²) < 4.78 is 0. The summed E-state index contributed by atoms with van der Waals surface area (Å²) in [6.07, 6.45) is 0.861. The topological polar surface area (TPSA) is 63.4 Å². The predicted molar refractivity (Wildman–Crippen MR) is 53.0 cm³/mol. The maximum atomic E-state index is 9.92. The molecule has 0 unspecified atom stereocenters. The fourth-order valence-corrected chi connectivity index (χ4v) is 0.373. The summed E-state index contributed by atoms with van der Waals surface area (Å²) >= 11 is 0. The summed E-state index contributed by atoms with van der Waals surface area (Å²) in [6, 6.07) is 0. The van der Waals surface area contributed by atoms with Gasteiger partial charge in [0.2, 0.25) is 12.3 Å². The average molecular weight is 188 g/mol. The van der Waals surface area contributed by atoms with E-state index in [-0.39, 0.29) is 11.8 Å². The minimum absolute atomic E-state index is 0.00926. The number of amides is 2. The molecule has 0 aromatic carbocycles. The molecule has 4 heteroatoms. The SMILES string of the molecule is CC(C)C(N)=O.CCN(C=O)CC. The summed E-state index contributed by atoms with van der Waals surface area (Å²) in [6.45, 7) is 9.08. The van der Waals surface area contributed by atoms with Crippen molar-refractivity contribution < 1.29 is 9.59 Å². The highest BCUT2D eigenvalue weighted by Crippen LogP contribution is 1.84. The Bertz CT molecular complexity index is 143. The van der Waals surface area contributed by atoms with E-state index in [1.54, 1.807) is 18.7 Å². The van der Waals surface area contributed by atoms with Crippen LogP contribution in [0.1, 0.15) is 27.7 Å². The van der Waals surface area contributed by atoms with Gasteiger partial charge in [-0.05, 0) is 13.8 Å². The number of hydrogen-bond acceptors (Lipinski definition) is 2. The van der Waals surface area contributed by atoms with E-state index < -0.39 is 0 Å². The molecule has 0 aliphatic rings. The molecule has 0 rings (SSSR count). The van der Waals surface area contributed by atoms with Crippen molar-refractivity contribution in [2.45, 2.75) is 27.7 Å². The van der Waals surface area contributed by atoms with E-state index in [4.69, 9.17) is 5.73 Å². The first-order chi connectivity index (χ1) is 5.99. The van der Waals surface area contributed by atoms with Crippen LogP contribution in [0.2, 0.25) is 0 Å². The molecular formula is C9H20N2O2. The Kier molecular flexibility index (Phi) is 10.0. The normalized spacial score (nSPS) is 8.69. The molecule has 2 N–H and O–H groups in total. The second kappa shape index (κ2) is 9.03. The van der Waals surface area contributed by atoms with Crippen LogP contribution >= 0.6 is 0 Å². The van der Waals surface area contributed by atoms with Crippen LogP contribution in [-0.4, -0.2) is 30.3 Å². The third-order valence-electron chi connectivity index (χ3n) is 1.53. The van der Waals surface area contributed by atoms with Crippen LogP contribution in [0.15, 0.2) is 0 Å². The highest BCUT2D eigenvalue weighted by atomic mass is 16.1. The summed E-state index contributed by atoms with van der Waals surface area (Å²) in [7, 11) is 0. The van der Waals surface area contributed by atoms with Crippen LogP contribution in [0.3, 0.4) is 0 Å². The van der Waals surface area contributed by atoms with Crippen LogP contribution in [0, 0.1) is 5.92 Å². The minimum Gasteiger partial charge on any atom is -0.369 e. The van der Waals surface area contributed by atoms with E-state index in [0.717, 1.165) is 19.5 Å². The van der Waals surface area contributed by atoms with Gasteiger partial charge >= 0.3 is 0 Å². The Labute approximate surface area is 80.1 Å². The lowest BCUT2D eigenvalue weighted by molar-refractivity contribution is -0.120. The van der Waals surface area contributed by atoms with E-state index >= 15 is 0 Å². The molecule has 0 saturated carbocycles. The molecule has 0 saturated heterocycles. The fraction of sp³-hybridized carbons (Fsp3) is 0.778. The molecule has 0 radical (unpaired) electrons. The van der Waals surface area contributed by atoms with Gasteiger partial charge < -0.3 is 10.6 Å². The number of rotatable bonds is 4. The van der Waals surface area contributed by atoms with Crippen LogP contribution in [-0.2, 0) is 9.59 Å². The molecule has 0 spiro atoms. The van der Waals surface area contributed by atoms with Crippen molar-refractivity contribution in [2.24, 2.45) is 11.7 Å². The molecule has 0 aromatic heterocycles. The van der Waals surface area contributed by atoms with Gasteiger partial charge in [-0.2, -0.15) is 0 Å². The van der Waals surface area contributed by atoms with E-state index in [1.165, 1.54) is 0 Å². The molecule has 0 aliphatic carbocycles. The van der Waals surface area contributed by atoms with Crippen molar-refractivity contribution >= 4 is 12.3 Å². The van der Waals surface area contributed by atoms with Gasteiger partial charge in [-0.1, -0.05) is 13.8 Å². The molecule has 2 amide bonds. The van der Waals surface area contributed by atoms with E-state index in [0.29, 0.717) is 0 Å². The summed E-state index contributed by atoms with van der Waals surface area (Å²) in [5.41, 5.74) is 4.80. The van der Waals surface area contributed by atoms with E-state index in [2.05, 4.69) is 0 Å². The third kappa shape index (κ3) is 10.9. The minimum atomic E-state index is -0.241. The Morgan fingerprint density at radius 2 is 1.69 bits per heavy atom. The van der Waals surface area contributed by atoms with E-state index in [9.17, 15) is 9.59 Å². The zero-order valence-corrected chi connectivity index (χ0v) is 8.91. The van der Waals surface area contributed by atoms with Gasteiger partial charge in [-0.25, -0.2) is 0 Å². The van der Waals surface area contributed by atoms with Gasteiger partial charge in [-0.15, -0.1) is 0 Å². The molecule has 0 aromatic rings. The first-order valence-corrected chi connectivity index (χ1v) is 4.48. The number of hydrogen-bond donors (Lipinski definition) is 1. The maximum Gasteiger partial charge on any atom is 0.219 e. The molecule has 0 aliphatic heterocycles. The number of nitrogens with two attached hydrogens (primary N) is 1. The Balaban J connectivity index is 0. The fourth-order valence-electron chi connectivity index (χ4n) is 0.373. The second-order valence-electron chi connectivity index (χ2n) is 2.88. The van der Waals surface area contributed by atoms with Gasteiger partial charge in [0.15, 0.2) is 0 Å². The van der Waals surface area contributed by atoms with Crippen LogP contribution in [0.25, 0.3) is 0 Å². The van der Waals surface area contributed by atoms with Crippen molar-refractivity contribution in [3.8, 4) is 0 Å². The number of primary amides is 1. The van der Waals surface area contributed by atoms with Crippen molar-refractivity contribution in [1.82, 2.24) is 4.90 Å². The van der Waals surface area contributed by atoms with Gasteiger partial charge in [0.1, 0.15) is 0 Å². The maximum absolute atomic E-state index is 9.92. The van der Waals surface area contributed by atoms with Gasteiger partial charge in [0, 0.05) is 19.0 Å². The molecule has 4 nitrogen and oxygen atoms in total. The van der Waals surface area contributed by atoms with Gasteiger partial charge in [-0.3, -0.25) is 9.59 Å². The Hall–Kier alpha value is -1.06. The monoisotopic (exact) mass is 188 g/mol. The molecule has 0 heterocycles. The van der Waals surface area contributed by atoms with Crippen LogP contribution in [0.5, 0.6) is 0 Å². The largest absolute Gasteiger partial charge is 0.369 e. The molecule has 0 fully saturated rings. The number of carbonyl (C=O) groups excluding carboxylic acids is 2. The Morgan fingerprint density at radius 1 is 1.38 bits per heavy atom. The van der Waals surface area contributed by atoms with Crippen LogP contribution < -0.4 is 5.73 Å². The molecule has 0 atom stereocenters. The summed E-state index contributed by atoms with van der Waals surface area (Å²) in [4.78, 5) is 21.5. The van der Waals surface area contributed by atoms with Gasteiger partial charge in [0.05, 0.1) is 0 Å². The third-order valence-corrected chi connectivity index (χ3v) is 1.53. The summed E-state index contributed by atoms with van der Waals surface area (Å²) in [5.74, 6) is -0.250. The number of carbonyl (C=O) groups is 2. The highest BCUT2D eigenvalue weighted by Gasteiger charge is 1.96. The Morgan fingerprint density at radius 3 is 1.69 bits per heavy atom. The predicted octanol–water partition coefficient (Wildman–Crippen LogP) is 0.612. The van der Waals surface area contributed by atoms with Crippen molar-refractivity contribution in [3.63, 3.8) is 0 Å². The lowest BCUT2D eigenvalue weighted by Gasteiger charge is -2.08. The van der Waals surface area contributed by atoms with Crippen molar-refractivity contribution in [1.29, 1.82) is 0 Å². The van der Waals surface area contributed by atoms with Crippen molar-refractivity contribution in [2.75, 3.05) is 13.1 Å². The zero-order valence-electron chi connectivity index (χ0n) is 8.91. The highest BCUT2D eigenvalue weighted by molar-refractivity contribution is 5.75. The smallest absolute Gasteiger partial charge is 0.219 e. The molecular weight excluding hydrogens is 168 g/mol. The first-order valence-electron chi connectivity index (χ1n) is 4.48. The molecule has 0 bridgehead atoms.